The molecule has 5 heteroatoms. The average Bonchev–Trinajstić information content (AvgIpc) is 2.51. The van der Waals surface area contributed by atoms with Crippen LogP contribution in [-0.4, -0.2) is 12.0 Å². The van der Waals surface area contributed by atoms with Gasteiger partial charge in [0, 0.05) is 5.88 Å². The molecule has 0 spiro atoms. The molecule has 1 amide bonds. The van der Waals surface area contributed by atoms with E-state index in [9.17, 15) is 9.18 Å². The minimum Gasteiger partial charge on any atom is -0.445 e. The number of carbonyl (C=O) groups excluding carboxylic acids is 1. The van der Waals surface area contributed by atoms with Crippen LogP contribution in [0.3, 0.4) is 0 Å². The maximum Gasteiger partial charge on any atom is 0.407 e. The van der Waals surface area contributed by atoms with Crippen LogP contribution in [-0.2, 0) is 11.3 Å². The molecule has 0 saturated carbocycles. The second kappa shape index (κ2) is 7.64. The molecule has 0 heterocycles. The van der Waals surface area contributed by atoms with E-state index in [1.165, 1.54) is 12.1 Å². The van der Waals surface area contributed by atoms with Crippen molar-refractivity contribution in [3.05, 3.63) is 71.5 Å². The Kier molecular flexibility index (Phi) is 5.58. The molecule has 0 bridgehead atoms. The molecule has 2 rings (SSSR count). The minimum absolute atomic E-state index is 0.129. The predicted octanol–water partition coefficient (Wildman–Crippen LogP) is 4.03. The lowest BCUT2D eigenvalue weighted by Gasteiger charge is -2.16. The van der Waals surface area contributed by atoms with E-state index in [1.807, 2.05) is 30.3 Å². The fourth-order valence-electron chi connectivity index (χ4n) is 1.84. The van der Waals surface area contributed by atoms with Crippen molar-refractivity contribution in [3.63, 3.8) is 0 Å². The van der Waals surface area contributed by atoms with Gasteiger partial charge < -0.3 is 10.1 Å². The number of hydrogen-bond donors (Lipinski definition) is 1. The first-order chi connectivity index (χ1) is 10.2. The van der Waals surface area contributed by atoms with E-state index in [4.69, 9.17) is 16.3 Å². The maximum absolute atomic E-state index is 13.2. The fourth-order valence-corrected chi connectivity index (χ4v) is 2.10. The Labute approximate surface area is 127 Å². The second-order valence-corrected chi connectivity index (χ2v) is 4.78. The molecular weight excluding hydrogens is 293 g/mol. The Morgan fingerprint density at radius 1 is 1.19 bits per heavy atom. The van der Waals surface area contributed by atoms with Crippen LogP contribution in [0.4, 0.5) is 9.18 Å². The summed E-state index contributed by atoms with van der Waals surface area (Å²) in [7, 11) is 0. The van der Waals surface area contributed by atoms with Crippen molar-refractivity contribution < 1.29 is 13.9 Å². The summed E-state index contributed by atoms with van der Waals surface area (Å²) in [5.41, 5.74) is 1.49. The summed E-state index contributed by atoms with van der Waals surface area (Å²) in [4.78, 5) is 11.8. The van der Waals surface area contributed by atoms with Crippen LogP contribution in [0.15, 0.2) is 54.6 Å². The molecule has 0 aliphatic rings. The number of ether oxygens (including phenoxy) is 1. The summed E-state index contributed by atoms with van der Waals surface area (Å²) in [5, 5.41) is 2.62. The highest BCUT2D eigenvalue weighted by Crippen LogP contribution is 2.16. The summed E-state index contributed by atoms with van der Waals surface area (Å²) in [6, 6.07) is 14.8. The van der Waals surface area contributed by atoms with E-state index < -0.39 is 12.1 Å². The van der Waals surface area contributed by atoms with Gasteiger partial charge in [-0.2, -0.15) is 0 Å². The summed E-state index contributed by atoms with van der Waals surface area (Å²) in [6.45, 7) is 0.171. The first-order valence-electron chi connectivity index (χ1n) is 6.47. The molecular formula is C16H15ClFNO2. The van der Waals surface area contributed by atoms with Crippen LogP contribution in [0.1, 0.15) is 17.2 Å². The molecule has 0 saturated heterocycles. The zero-order valence-electron chi connectivity index (χ0n) is 11.3. The molecule has 0 aromatic heterocycles. The fraction of sp³-hybridized carbons (Fsp3) is 0.188. The highest BCUT2D eigenvalue weighted by atomic mass is 35.5. The topological polar surface area (TPSA) is 38.3 Å². The van der Waals surface area contributed by atoms with Gasteiger partial charge in [-0.05, 0) is 23.3 Å². The van der Waals surface area contributed by atoms with Crippen LogP contribution in [0, 0.1) is 5.82 Å². The van der Waals surface area contributed by atoms with E-state index in [0.29, 0.717) is 5.56 Å². The first kappa shape index (κ1) is 15.3. The molecule has 2 aromatic rings. The lowest BCUT2D eigenvalue weighted by molar-refractivity contribution is 0.136. The average molecular weight is 308 g/mol. The van der Waals surface area contributed by atoms with Gasteiger partial charge in [0.05, 0.1) is 6.04 Å². The van der Waals surface area contributed by atoms with Gasteiger partial charge in [0.25, 0.3) is 0 Å². The molecule has 0 fully saturated rings. The van der Waals surface area contributed by atoms with Gasteiger partial charge in [-0.3, -0.25) is 0 Å². The van der Waals surface area contributed by atoms with Crippen LogP contribution >= 0.6 is 11.6 Å². The van der Waals surface area contributed by atoms with E-state index >= 15 is 0 Å². The van der Waals surface area contributed by atoms with Crippen molar-refractivity contribution in [1.29, 1.82) is 0 Å². The number of hydrogen-bond acceptors (Lipinski definition) is 2. The Bertz CT molecular complexity index is 592. The molecule has 110 valence electrons. The Balaban J connectivity index is 1.91. The monoisotopic (exact) mass is 307 g/mol. The van der Waals surface area contributed by atoms with Crippen LogP contribution in [0.2, 0.25) is 0 Å². The lowest BCUT2D eigenvalue weighted by atomic mass is 10.1. The molecule has 1 atom stereocenters. The highest BCUT2D eigenvalue weighted by molar-refractivity contribution is 6.18. The van der Waals surface area contributed by atoms with Crippen molar-refractivity contribution >= 4 is 17.7 Å². The summed E-state index contributed by atoms with van der Waals surface area (Å²) in [5.74, 6) is -0.244. The zero-order chi connectivity index (χ0) is 15.1. The zero-order valence-corrected chi connectivity index (χ0v) is 12.0. The van der Waals surface area contributed by atoms with Gasteiger partial charge in [-0.15, -0.1) is 11.6 Å². The Morgan fingerprint density at radius 3 is 2.62 bits per heavy atom. The predicted molar refractivity (Wildman–Crippen MR) is 79.6 cm³/mol. The van der Waals surface area contributed by atoms with E-state index in [-0.39, 0.29) is 18.3 Å². The molecule has 0 aliphatic carbocycles. The third-order valence-electron chi connectivity index (χ3n) is 2.91. The van der Waals surface area contributed by atoms with Gasteiger partial charge in [-0.1, -0.05) is 42.5 Å². The van der Waals surface area contributed by atoms with Crippen molar-refractivity contribution in [1.82, 2.24) is 5.32 Å². The Hall–Kier alpha value is -2.07. The van der Waals surface area contributed by atoms with Crippen LogP contribution in [0.5, 0.6) is 0 Å². The van der Waals surface area contributed by atoms with Crippen LogP contribution in [0.25, 0.3) is 0 Å². The lowest BCUT2D eigenvalue weighted by Crippen LogP contribution is -2.30. The smallest absolute Gasteiger partial charge is 0.407 e. The van der Waals surface area contributed by atoms with Crippen molar-refractivity contribution in [2.24, 2.45) is 0 Å². The highest BCUT2D eigenvalue weighted by Gasteiger charge is 2.15. The molecule has 3 nitrogen and oxygen atoms in total. The first-order valence-corrected chi connectivity index (χ1v) is 7.01. The van der Waals surface area contributed by atoms with E-state index in [2.05, 4.69) is 5.32 Å². The molecule has 0 radical (unpaired) electrons. The SMILES string of the molecule is O=C(N[C@H](CCl)c1cccc(F)c1)OCc1ccccc1. The molecule has 0 aliphatic heterocycles. The quantitative estimate of drug-likeness (QED) is 0.847. The second-order valence-electron chi connectivity index (χ2n) is 4.47. The Morgan fingerprint density at radius 2 is 1.95 bits per heavy atom. The van der Waals surface area contributed by atoms with Crippen molar-refractivity contribution in [3.8, 4) is 0 Å². The molecule has 1 N–H and O–H groups in total. The standard InChI is InChI=1S/C16H15ClFNO2/c17-10-15(13-7-4-8-14(18)9-13)19-16(20)21-11-12-5-2-1-3-6-12/h1-9,15H,10-11H2,(H,19,20)/t15-/m1/s1. The van der Waals surface area contributed by atoms with Gasteiger partial charge in [-0.25, -0.2) is 9.18 Å². The minimum atomic E-state index is -0.589. The van der Waals surface area contributed by atoms with Crippen molar-refractivity contribution in [2.75, 3.05) is 5.88 Å². The number of halogens is 2. The number of benzene rings is 2. The third kappa shape index (κ3) is 4.76. The van der Waals surface area contributed by atoms with Gasteiger partial charge in [0.2, 0.25) is 0 Å². The normalized spacial score (nSPS) is 11.7. The number of rotatable bonds is 5. The summed E-state index contributed by atoms with van der Waals surface area (Å²) in [6.07, 6.45) is -0.589. The van der Waals surface area contributed by atoms with E-state index in [1.54, 1.807) is 12.1 Å². The van der Waals surface area contributed by atoms with E-state index in [0.717, 1.165) is 5.56 Å². The van der Waals surface area contributed by atoms with Gasteiger partial charge in [0.15, 0.2) is 0 Å². The summed E-state index contributed by atoms with van der Waals surface area (Å²) < 4.78 is 18.3. The number of carbonyl (C=O) groups is 1. The number of nitrogens with one attached hydrogen (secondary N) is 1. The number of amides is 1. The van der Waals surface area contributed by atoms with Crippen LogP contribution < -0.4 is 5.32 Å². The van der Waals surface area contributed by atoms with Gasteiger partial charge >= 0.3 is 6.09 Å². The van der Waals surface area contributed by atoms with Gasteiger partial charge in [0.1, 0.15) is 12.4 Å². The largest absolute Gasteiger partial charge is 0.445 e. The molecule has 2 aromatic carbocycles. The number of alkyl halides is 1. The molecule has 21 heavy (non-hydrogen) atoms. The summed E-state index contributed by atoms with van der Waals surface area (Å²) >= 11 is 5.82. The molecule has 0 unspecified atom stereocenters. The maximum atomic E-state index is 13.2. The third-order valence-corrected chi connectivity index (χ3v) is 3.22. The van der Waals surface area contributed by atoms with Crippen molar-refractivity contribution in [2.45, 2.75) is 12.6 Å². The number of alkyl carbamates (subject to hydrolysis) is 1.